The Hall–Kier alpha value is -5.64. The Balaban J connectivity index is 1.81. The molecule has 0 aliphatic heterocycles. The first-order chi connectivity index (χ1) is 29.2. The van der Waals surface area contributed by atoms with Crippen LogP contribution < -0.4 is 0 Å². The smallest absolute Gasteiger partial charge is 0.307 e. The summed E-state index contributed by atoms with van der Waals surface area (Å²) in [4.78, 5) is 0. The van der Waals surface area contributed by atoms with E-state index in [1.807, 2.05) is 120 Å². The molecule has 0 aliphatic carbocycles. The minimum atomic E-state index is -5.34. The third kappa shape index (κ3) is 5.61. The highest BCUT2D eigenvalue weighted by Gasteiger charge is 2.40. The summed E-state index contributed by atoms with van der Waals surface area (Å²) < 4.78 is 129. The highest BCUT2D eigenvalue weighted by Crippen LogP contribution is 2.51. The van der Waals surface area contributed by atoms with Gasteiger partial charge in [-0.3, -0.25) is 0 Å². The minimum absolute atomic E-state index is 0.0239. The van der Waals surface area contributed by atoms with Gasteiger partial charge in [-0.05, 0) is 212 Å². The molecule has 0 spiro atoms. The predicted octanol–water partition coefficient (Wildman–Crippen LogP) is 16.2. The van der Waals surface area contributed by atoms with Gasteiger partial charge in [0.05, 0.1) is 44.6 Å². The lowest BCUT2D eigenvalue weighted by Gasteiger charge is -2.25. The number of fused-ring (bicyclic) bond motifs is 6. The van der Waals surface area contributed by atoms with E-state index >= 15 is 30.7 Å². The van der Waals surface area contributed by atoms with Gasteiger partial charge in [0, 0.05) is 27.1 Å². The van der Waals surface area contributed by atoms with Gasteiger partial charge < -0.3 is 9.13 Å². The topological polar surface area (TPSA) is 9.86 Å². The minimum Gasteiger partial charge on any atom is -0.307 e. The fourth-order valence-electron chi connectivity index (χ4n) is 10.4. The van der Waals surface area contributed by atoms with Crippen LogP contribution >= 0.6 is 0 Å². The van der Waals surface area contributed by atoms with Crippen LogP contribution in [-0.4, -0.2) is 9.13 Å². The van der Waals surface area contributed by atoms with E-state index < -0.39 is 52.0 Å². The van der Waals surface area contributed by atoms with Crippen molar-refractivity contribution in [1.29, 1.82) is 0 Å². The molecule has 0 atom stereocenters. The van der Waals surface area contributed by atoms with Crippen LogP contribution in [-0.2, 0) is 6.18 Å². The van der Waals surface area contributed by atoms with Gasteiger partial charge in [0.2, 0.25) is 5.82 Å². The molecule has 0 aliphatic rings. The molecule has 0 saturated carbocycles. The van der Waals surface area contributed by atoms with Crippen molar-refractivity contribution in [3.05, 3.63) is 136 Å². The Morgan fingerprint density at radius 2 is 0.556 bits per heavy atom. The SMILES string of the molecule is Cc1c(C)c(C)c2c(c1C)c1c(C)c(C)c(C)c(C)c1n2-c1cc(-c2c(F)c(F)c(F)c(F)c2F)c(C(F)(F)F)cc1-n1c2c(C)c(C)c(C)c(C)c2c2c(C)c(C)c(C)c(C)c21. The van der Waals surface area contributed by atoms with Crippen LogP contribution in [0.25, 0.3) is 66.1 Å². The standard InChI is InChI=1S/C53H50F8N2/c1-19-23(5)31(13)49-39(27(19)9)40-28(10)20(2)24(6)32(14)50(40)62(49)37-17-35(43-44(54)46(56)48(58)47(57)45(43)55)36(53(59,60)61)18-38(37)63-51-33(15)25(7)21(3)29(11)41(51)42-30(12)22(4)26(8)34(16)52(42)63/h17-18H,1-16H3. The molecule has 63 heavy (non-hydrogen) atoms. The van der Waals surface area contributed by atoms with E-state index in [1.165, 1.54) is 0 Å². The summed E-state index contributed by atoms with van der Waals surface area (Å²) in [6.45, 7) is 31.8. The van der Waals surface area contributed by atoms with Crippen molar-refractivity contribution in [2.45, 2.75) is 117 Å². The largest absolute Gasteiger partial charge is 0.417 e. The lowest BCUT2D eigenvalue weighted by atomic mass is 9.90. The first kappa shape index (κ1) is 44.0. The van der Waals surface area contributed by atoms with Crippen LogP contribution in [0.3, 0.4) is 0 Å². The molecule has 0 N–H and O–H groups in total. The molecule has 8 aromatic rings. The number of aromatic nitrogens is 2. The fraction of sp³-hybridized carbons (Fsp3) is 0.321. The third-order valence-corrected chi connectivity index (χ3v) is 15.4. The summed E-state index contributed by atoms with van der Waals surface area (Å²) in [5, 5.41) is 3.43. The van der Waals surface area contributed by atoms with Gasteiger partial charge >= 0.3 is 6.18 Å². The number of benzene rings is 6. The van der Waals surface area contributed by atoms with Gasteiger partial charge in [-0.25, -0.2) is 22.0 Å². The molecule has 2 nitrogen and oxygen atoms in total. The van der Waals surface area contributed by atoms with E-state index in [9.17, 15) is 4.39 Å². The molecule has 2 heterocycles. The maximum absolute atomic E-state index is 16.1. The molecule has 0 fully saturated rings. The fourth-order valence-corrected chi connectivity index (χ4v) is 10.4. The molecular formula is C53H50F8N2. The average molecular weight is 867 g/mol. The van der Waals surface area contributed by atoms with Gasteiger partial charge in [0.25, 0.3) is 0 Å². The molecule has 0 amide bonds. The van der Waals surface area contributed by atoms with Crippen molar-refractivity contribution in [3.63, 3.8) is 0 Å². The second-order valence-electron chi connectivity index (χ2n) is 17.9. The Kier molecular flexibility index (Phi) is 9.90. The Morgan fingerprint density at radius 1 is 0.317 bits per heavy atom. The summed E-state index contributed by atoms with van der Waals surface area (Å²) in [5.74, 6) is -11.9. The highest BCUT2D eigenvalue weighted by molar-refractivity contribution is 6.18. The molecule has 0 unspecified atom stereocenters. The van der Waals surface area contributed by atoms with Crippen LogP contribution in [0.1, 0.15) is 94.6 Å². The maximum Gasteiger partial charge on any atom is 0.417 e. The monoisotopic (exact) mass is 866 g/mol. The Morgan fingerprint density at radius 3 is 0.825 bits per heavy atom. The molecule has 6 aromatic carbocycles. The molecule has 328 valence electrons. The quantitative estimate of drug-likeness (QED) is 0.0951. The molecule has 0 radical (unpaired) electrons. The lowest BCUT2D eigenvalue weighted by Crippen LogP contribution is -2.15. The zero-order valence-electron chi connectivity index (χ0n) is 38.6. The number of aryl methyl sites for hydroxylation is 8. The number of rotatable bonds is 3. The number of hydrogen-bond donors (Lipinski definition) is 0. The molecule has 8 rings (SSSR count). The van der Waals surface area contributed by atoms with Gasteiger partial charge in [-0.15, -0.1) is 0 Å². The molecular weight excluding hydrogens is 817 g/mol. The van der Waals surface area contributed by atoms with E-state index in [4.69, 9.17) is 0 Å². The second-order valence-corrected chi connectivity index (χ2v) is 17.9. The van der Waals surface area contributed by atoms with E-state index in [1.54, 1.807) is 0 Å². The molecule has 10 heteroatoms. The van der Waals surface area contributed by atoms with Gasteiger partial charge in [0.15, 0.2) is 23.3 Å². The number of halogens is 8. The zero-order chi connectivity index (χ0) is 46.7. The van der Waals surface area contributed by atoms with Crippen molar-refractivity contribution < 1.29 is 35.1 Å². The summed E-state index contributed by atoms with van der Waals surface area (Å²) in [6, 6.07) is 1.84. The first-order valence-electron chi connectivity index (χ1n) is 21.0. The Bertz CT molecular complexity index is 3240. The zero-order valence-corrected chi connectivity index (χ0v) is 38.6. The van der Waals surface area contributed by atoms with Crippen LogP contribution in [0.5, 0.6) is 0 Å². The van der Waals surface area contributed by atoms with Crippen LogP contribution in [0.2, 0.25) is 0 Å². The second kappa shape index (κ2) is 14.2. The molecule has 0 saturated heterocycles. The lowest BCUT2D eigenvalue weighted by molar-refractivity contribution is -0.137. The number of alkyl halides is 3. The van der Waals surface area contributed by atoms with E-state index in [2.05, 4.69) is 0 Å². The average Bonchev–Trinajstić information content (AvgIpc) is 3.79. The highest BCUT2D eigenvalue weighted by atomic mass is 19.4. The van der Waals surface area contributed by atoms with Gasteiger partial charge in [0.1, 0.15) is 0 Å². The Labute approximate surface area is 362 Å². The summed E-state index contributed by atoms with van der Waals surface area (Å²) in [7, 11) is 0. The summed E-state index contributed by atoms with van der Waals surface area (Å²) in [5.41, 5.74) is 13.3. The molecule has 2 aromatic heterocycles. The van der Waals surface area contributed by atoms with Crippen molar-refractivity contribution >= 4 is 43.6 Å². The summed E-state index contributed by atoms with van der Waals surface area (Å²) in [6.07, 6.45) is -5.34. The normalized spacial score (nSPS) is 12.4. The predicted molar refractivity (Wildman–Crippen MR) is 241 cm³/mol. The maximum atomic E-state index is 16.1. The number of hydrogen-bond acceptors (Lipinski definition) is 0. The van der Waals surface area contributed by atoms with E-state index in [0.717, 1.165) is 123 Å². The third-order valence-electron chi connectivity index (χ3n) is 15.4. The van der Waals surface area contributed by atoms with Crippen LogP contribution in [0, 0.1) is 140 Å². The van der Waals surface area contributed by atoms with Crippen molar-refractivity contribution in [1.82, 2.24) is 9.13 Å². The van der Waals surface area contributed by atoms with Crippen LogP contribution in [0.4, 0.5) is 35.1 Å². The molecule has 0 bridgehead atoms. The van der Waals surface area contributed by atoms with E-state index in [0.29, 0.717) is 22.1 Å². The van der Waals surface area contributed by atoms with Crippen molar-refractivity contribution in [2.24, 2.45) is 0 Å². The van der Waals surface area contributed by atoms with Crippen molar-refractivity contribution in [3.8, 4) is 22.5 Å². The van der Waals surface area contributed by atoms with Gasteiger partial charge in [-0.2, -0.15) is 13.2 Å². The summed E-state index contributed by atoms with van der Waals surface area (Å²) >= 11 is 0. The van der Waals surface area contributed by atoms with Crippen molar-refractivity contribution in [2.75, 3.05) is 0 Å². The van der Waals surface area contributed by atoms with Gasteiger partial charge in [-0.1, -0.05) is 0 Å². The first-order valence-corrected chi connectivity index (χ1v) is 21.0. The number of nitrogens with zero attached hydrogens (tertiary/aromatic N) is 2. The van der Waals surface area contributed by atoms with E-state index in [-0.39, 0.29) is 11.4 Å². The van der Waals surface area contributed by atoms with Crippen LogP contribution in [0.15, 0.2) is 12.1 Å².